The number of rotatable bonds is 35. The van der Waals surface area contributed by atoms with Gasteiger partial charge in [-0.2, -0.15) is 0 Å². The second-order valence-corrected chi connectivity index (χ2v) is 13.1. The standard InChI is InChI=1S/C39H79N/c1-4-7-9-11-13-15-17-19-21-23-25-27-29-31-33-35-38-40(37-6-3)39-36-34-32-30-28-26-24-22-20-18-16-14-12-10-8-5-2/h6,37H,4-5,7-36,38-39H2,1-3H3/b37-6+. The molecule has 1 nitrogen and oxygen atoms in total. The van der Waals surface area contributed by atoms with Crippen molar-refractivity contribution in [3.8, 4) is 0 Å². The Kier molecular flexibility index (Phi) is 36.1. The van der Waals surface area contributed by atoms with Gasteiger partial charge >= 0.3 is 0 Å². The van der Waals surface area contributed by atoms with E-state index in [1.54, 1.807) is 0 Å². The van der Waals surface area contributed by atoms with Crippen LogP contribution in [0.4, 0.5) is 0 Å². The van der Waals surface area contributed by atoms with Crippen molar-refractivity contribution < 1.29 is 0 Å². The second-order valence-electron chi connectivity index (χ2n) is 13.1. The van der Waals surface area contributed by atoms with Crippen LogP contribution in [0.1, 0.15) is 226 Å². The molecule has 0 atom stereocenters. The lowest BCUT2D eigenvalue weighted by Gasteiger charge is -2.20. The van der Waals surface area contributed by atoms with E-state index in [1.807, 2.05) is 0 Å². The third-order valence-electron chi connectivity index (χ3n) is 8.96. The average molecular weight is 562 g/mol. The molecule has 40 heavy (non-hydrogen) atoms. The number of nitrogens with zero attached hydrogens (tertiary/aromatic N) is 1. The van der Waals surface area contributed by atoms with Crippen molar-refractivity contribution >= 4 is 0 Å². The van der Waals surface area contributed by atoms with Crippen LogP contribution in [0.3, 0.4) is 0 Å². The molecular formula is C39H79N. The van der Waals surface area contributed by atoms with Gasteiger partial charge in [-0.3, -0.25) is 0 Å². The zero-order valence-electron chi connectivity index (χ0n) is 28.6. The van der Waals surface area contributed by atoms with Gasteiger partial charge in [0.2, 0.25) is 0 Å². The van der Waals surface area contributed by atoms with Gasteiger partial charge in [0.25, 0.3) is 0 Å². The summed E-state index contributed by atoms with van der Waals surface area (Å²) in [6, 6.07) is 0. The summed E-state index contributed by atoms with van der Waals surface area (Å²) in [5.74, 6) is 0. The Labute approximate surface area is 256 Å². The van der Waals surface area contributed by atoms with E-state index in [0.717, 1.165) is 0 Å². The third-order valence-corrected chi connectivity index (χ3v) is 8.96. The quantitative estimate of drug-likeness (QED) is 0.0695. The summed E-state index contributed by atoms with van der Waals surface area (Å²) in [5, 5.41) is 0. The van der Waals surface area contributed by atoms with Crippen molar-refractivity contribution in [3.05, 3.63) is 12.3 Å². The van der Waals surface area contributed by atoms with Crippen LogP contribution in [-0.4, -0.2) is 18.0 Å². The fourth-order valence-electron chi connectivity index (χ4n) is 6.20. The molecule has 0 N–H and O–H groups in total. The highest BCUT2D eigenvalue weighted by Crippen LogP contribution is 2.16. The predicted molar refractivity (Wildman–Crippen MR) is 185 cm³/mol. The van der Waals surface area contributed by atoms with Gasteiger partial charge in [-0.15, -0.1) is 0 Å². The van der Waals surface area contributed by atoms with Gasteiger partial charge in [-0.25, -0.2) is 0 Å². The highest BCUT2D eigenvalue weighted by Gasteiger charge is 2.01. The summed E-state index contributed by atoms with van der Waals surface area (Å²) in [5.41, 5.74) is 0. The van der Waals surface area contributed by atoms with Crippen LogP contribution < -0.4 is 0 Å². The van der Waals surface area contributed by atoms with Crippen molar-refractivity contribution in [2.24, 2.45) is 0 Å². The number of hydrogen-bond donors (Lipinski definition) is 0. The zero-order valence-corrected chi connectivity index (χ0v) is 28.6. The fraction of sp³-hybridized carbons (Fsp3) is 0.949. The Morgan fingerprint density at radius 3 is 0.700 bits per heavy atom. The highest BCUT2D eigenvalue weighted by atomic mass is 15.1. The zero-order chi connectivity index (χ0) is 29.0. The Hall–Kier alpha value is -0.460. The smallest absolute Gasteiger partial charge is 0.0172 e. The minimum Gasteiger partial charge on any atom is -0.378 e. The van der Waals surface area contributed by atoms with Crippen LogP contribution in [0, 0.1) is 0 Å². The first-order valence-corrected chi connectivity index (χ1v) is 19.2. The maximum absolute atomic E-state index is 2.59. The topological polar surface area (TPSA) is 3.24 Å². The first kappa shape index (κ1) is 39.5. The summed E-state index contributed by atoms with van der Waals surface area (Å²) in [6.45, 7) is 9.32. The largest absolute Gasteiger partial charge is 0.378 e. The summed E-state index contributed by atoms with van der Waals surface area (Å²) in [7, 11) is 0. The predicted octanol–water partition coefficient (Wildman–Crippen LogP) is 14.3. The summed E-state index contributed by atoms with van der Waals surface area (Å²) >= 11 is 0. The molecule has 0 unspecified atom stereocenters. The average Bonchev–Trinajstić information content (AvgIpc) is 2.96. The van der Waals surface area contributed by atoms with Crippen molar-refractivity contribution in [2.45, 2.75) is 226 Å². The maximum atomic E-state index is 2.59. The third kappa shape index (κ3) is 33.7. The van der Waals surface area contributed by atoms with E-state index >= 15 is 0 Å². The van der Waals surface area contributed by atoms with Gasteiger partial charge in [0, 0.05) is 13.1 Å². The molecule has 0 bridgehead atoms. The second kappa shape index (κ2) is 36.6. The molecule has 0 radical (unpaired) electrons. The van der Waals surface area contributed by atoms with E-state index in [9.17, 15) is 0 Å². The molecule has 0 spiro atoms. The lowest BCUT2D eigenvalue weighted by atomic mass is 10.0. The minimum absolute atomic E-state index is 1.27. The Balaban J connectivity index is 3.36. The van der Waals surface area contributed by atoms with Gasteiger partial charge in [0.1, 0.15) is 0 Å². The monoisotopic (exact) mass is 562 g/mol. The van der Waals surface area contributed by atoms with Gasteiger partial charge in [-0.05, 0) is 26.0 Å². The Bertz CT molecular complexity index is 420. The Morgan fingerprint density at radius 1 is 0.300 bits per heavy atom. The molecule has 0 saturated carbocycles. The van der Waals surface area contributed by atoms with Gasteiger partial charge in [0.15, 0.2) is 0 Å². The van der Waals surface area contributed by atoms with Crippen LogP contribution in [0.2, 0.25) is 0 Å². The molecule has 0 amide bonds. The first-order valence-electron chi connectivity index (χ1n) is 19.2. The molecule has 0 aliphatic rings. The molecule has 0 aliphatic heterocycles. The van der Waals surface area contributed by atoms with Crippen LogP contribution in [-0.2, 0) is 0 Å². The molecule has 0 aromatic rings. The normalized spacial score (nSPS) is 11.7. The van der Waals surface area contributed by atoms with Crippen LogP contribution in [0.15, 0.2) is 12.3 Å². The van der Waals surface area contributed by atoms with Crippen molar-refractivity contribution in [2.75, 3.05) is 13.1 Å². The molecule has 240 valence electrons. The van der Waals surface area contributed by atoms with E-state index in [2.05, 4.69) is 37.9 Å². The van der Waals surface area contributed by atoms with Crippen LogP contribution in [0.5, 0.6) is 0 Å². The van der Waals surface area contributed by atoms with Crippen molar-refractivity contribution in [1.29, 1.82) is 0 Å². The maximum Gasteiger partial charge on any atom is 0.0172 e. The fourth-order valence-corrected chi connectivity index (χ4v) is 6.20. The first-order chi connectivity index (χ1) is 19.8. The lowest BCUT2D eigenvalue weighted by molar-refractivity contribution is 0.348. The molecule has 0 saturated heterocycles. The molecule has 0 heterocycles. The molecule has 0 fully saturated rings. The molecule has 0 aromatic heterocycles. The molecule has 0 aromatic carbocycles. The SMILES string of the molecule is C/C=C/N(CCCCCCCCCCCCCCCCCC)CCCCCCCCCCCCCCCCCC. The summed E-state index contributed by atoms with van der Waals surface area (Å²) < 4.78 is 0. The highest BCUT2D eigenvalue weighted by molar-refractivity contribution is 4.78. The van der Waals surface area contributed by atoms with E-state index in [1.165, 1.54) is 219 Å². The van der Waals surface area contributed by atoms with E-state index < -0.39 is 0 Å². The van der Waals surface area contributed by atoms with Gasteiger partial charge in [-0.1, -0.05) is 213 Å². The number of allylic oxidation sites excluding steroid dienone is 1. The minimum atomic E-state index is 1.27. The lowest BCUT2D eigenvalue weighted by Crippen LogP contribution is -2.19. The molecule has 0 aliphatic carbocycles. The van der Waals surface area contributed by atoms with E-state index in [-0.39, 0.29) is 0 Å². The Morgan fingerprint density at radius 2 is 0.500 bits per heavy atom. The van der Waals surface area contributed by atoms with E-state index in [4.69, 9.17) is 0 Å². The molecule has 1 heteroatoms. The van der Waals surface area contributed by atoms with E-state index in [0.29, 0.717) is 0 Å². The van der Waals surface area contributed by atoms with Crippen LogP contribution in [0.25, 0.3) is 0 Å². The summed E-state index contributed by atoms with van der Waals surface area (Å²) in [4.78, 5) is 2.59. The van der Waals surface area contributed by atoms with Gasteiger partial charge < -0.3 is 4.90 Å². The number of unbranched alkanes of at least 4 members (excludes halogenated alkanes) is 30. The number of hydrogen-bond acceptors (Lipinski definition) is 1. The molecular weight excluding hydrogens is 482 g/mol. The van der Waals surface area contributed by atoms with Crippen molar-refractivity contribution in [1.82, 2.24) is 4.90 Å². The van der Waals surface area contributed by atoms with Crippen molar-refractivity contribution in [3.63, 3.8) is 0 Å². The summed E-state index contributed by atoms with van der Waals surface area (Å²) in [6.07, 6.45) is 51.1. The van der Waals surface area contributed by atoms with Crippen LogP contribution >= 0.6 is 0 Å². The molecule has 0 rings (SSSR count). The van der Waals surface area contributed by atoms with Gasteiger partial charge in [0.05, 0.1) is 0 Å².